The van der Waals surface area contributed by atoms with Crippen LogP contribution in [0, 0.1) is 11.3 Å². The monoisotopic (exact) mass is 383 g/mol. The minimum absolute atomic E-state index is 0.166. The smallest absolute Gasteiger partial charge is 0.322 e. The van der Waals surface area contributed by atoms with Gasteiger partial charge in [0.1, 0.15) is 24.2 Å². The van der Waals surface area contributed by atoms with E-state index in [4.69, 9.17) is 26.3 Å². The minimum Gasteiger partial charge on any atom is -0.490 e. The molecule has 2 unspecified atom stereocenters. The number of nitrogens with zero attached hydrogens (tertiary/aromatic N) is 1. The lowest BCUT2D eigenvalue weighted by molar-refractivity contribution is -0.126. The van der Waals surface area contributed by atoms with Crippen LogP contribution in [0.4, 0.5) is 4.79 Å². The van der Waals surface area contributed by atoms with Crippen molar-refractivity contribution in [1.82, 2.24) is 10.6 Å². The Morgan fingerprint density at radius 1 is 1.26 bits per heavy atom. The molecule has 1 fully saturated rings. The molecule has 2 aliphatic heterocycles. The molecule has 7 nitrogen and oxygen atoms in total. The van der Waals surface area contributed by atoms with Gasteiger partial charge in [-0.15, -0.1) is 0 Å². The zero-order valence-corrected chi connectivity index (χ0v) is 14.7. The summed E-state index contributed by atoms with van der Waals surface area (Å²) in [6, 6.07) is 13.1. The molecule has 2 aromatic rings. The van der Waals surface area contributed by atoms with Crippen molar-refractivity contribution >= 4 is 23.5 Å². The Balaban J connectivity index is 1.59. The average Bonchev–Trinajstić information content (AvgIpc) is 2.94. The van der Waals surface area contributed by atoms with Crippen LogP contribution in [0.25, 0.3) is 0 Å². The molecule has 2 N–H and O–H groups in total. The lowest BCUT2D eigenvalue weighted by Crippen LogP contribution is -2.51. The summed E-state index contributed by atoms with van der Waals surface area (Å²) >= 11 is 6.08. The van der Waals surface area contributed by atoms with Gasteiger partial charge in [-0.3, -0.25) is 10.1 Å². The van der Waals surface area contributed by atoms with Gasteiger partial charge < -0.3 is 14.8 Å². The van der Waals surface area contributed by atoms with Crippen molar-refractivity contribution in [2.45, 2.75) is 18.1 Å². The van der Waals surface area contributed by atoms with E-state index < -0.39 is 23.6 Å². The highest BCUT2D eigenvalue weighted by Gasteiger charge is 2.53. The molecular formula is C19H14ClN3O4. The molecule has 1 saturated heterocycles. The Morgan fingerprint density at radius 3 is 2.70 bits per heavy atom. The molecule has 8 heteroatoms. The van der Waals surface area contributed by atoms with Gasteiger partial charge in [0, 0.05) is 17.0 Å². The highest BCUT2D eigenvalue weighted by atomic mass is 35.5. The van der Waals surface area contributed by atoms with E-state index in [1.165, 1.54) is 0 Å². The number of rotatable bonds is 3. The Labute approximate surface area is 159 Å². The fourth-order valence-electron chi connectivity index (χ4n) is 3.34. The van der Waals surface area contributed by atoms with Crippen LogP contribution in [0.3, 0.4) is 0 Å². The third kappa shape index (κ3) is 3.04. The number of hydrogen-bond acceptors (Lipinski definition) is 5. The van der Waals surface area contributed by atoms with Crippen LogP contribution in [0.15, 0.2) is 42.5 Å². The summed E-state index contributed by atoms with van der Waals surface area (Å²) in [6.07, 6.45) is -0.271. The van der Waals surface area contributed by atoms with Crippen LogP contribution in [0.5, 0.6) is 11.5 Å². The van der Waals surface area contributed by atoms with E-state index in [0.717, 1.165) is 0 Å². The van der Waals surface area contributed by atoms with Crippen molar-refractivity contribution < 1.29 is 19.1 Å². The topological polar surface area (TPSA) is 100 Å². The molecule has 4 rings (SSSR count). The molecular weight excluding hydrogens is 370 g/mol. The van der Waals surface area contributed by atoms with E-state index >= 15 is 0 Å². The van der Waals surface area contributed by atoms with Crippen molar-refractivity contribution in [2.24, 2.45) is 0 Å². The quantitative estimate of drug-likeness (QED) is 0.793. The van der Waals surface area contributed by atoms with Crippen LogP contribution >= 0.6 is 11.6 Å². The Morgan fingerprint density at radius 2 is 2.04 bits per heavy atom. The van der Waals surface area contributed by atoms with E-state index in [1.807, 2.05) is 6.07 Å². The molecule has 2 aliphatic rings. The maximum Gasteiger partial charge on any atom is 0.322 e. The number of urea groups is 1. The maximum atomic E-state index is 12.6. The van der Waals surface area contributed by atoms with Crippen LogP contribution < -0.4 is 20.1 Å². The van der Waals surface area contributed by atoms with Gasteiger partial charge in [0.05, 0.1) is 11.6 Å². The van der Waals surface area contributed by atoms with Crippen molar-refractivity contribution in [2.75, 3.05) is 6.61 Å². The molecule has 0 saturated carbocycles. The first-order valence-electron chi connectivity index (χ1n) is 8.23. The normalized spacial score (nSPS) is 23.0. The van der Waals surface area contributed by atoms with Gasteiger partial charge in [0.15, 0.2) is 5.54 Å². The summed E-state index contributed by atoms with van der Waals surface area (Å²) in [5.74, 6) is 0.604. The SMILES string of the molecule is N#Cc1ccc(OCC2CC3(NC(=O)NC3=O)c3cc(Cl)ccc3O2)cc1. The van der Waals surface area contributed by atoms with Gasteiger partial charge in [-0.2, -0.15) is 5.26 Å². The molecule has 3 amide bonds. The molecule has 27 heavy (non-hydrogen) atoms. The molecule has 0 bridgehead atoms. The van der Waals surface area contributed by atoms with Gasteiger partial charge in [0.2, 0.25) is 0 Å². The van der Waals surface area contributed by atoms with E-state index in [2.05, 4.69) is 10.6 Å². The number of halogens is 1. The number of ether oxygens (including phenoxy) is 2. The van der Waals surface area contributed by atoms with E-state index in [1.54, 1.807) is 42.5 Å². The van der Waals surface area contributed by atoms with Crippen molar-refractivity contribution in [3.8, 4) is 17.6 Å². The first-order chi connectivity index (χ1) is 13.0. The first kappa shape index (κ1) is 17.2. The van der Waals surface area contributed by atoms with Crippen LogP contribution in [-0.2, 0) is 10.3 Å². The summed E-state index contributed by atoms with van der Waals surface area (Å²) in [5.41, 5.74) is -0.187. The summed E-state index contributed by atoms with van der Waals surface area (Å²) in [5, 5.41) is 14.3. The lowest BCUT2D eigenvalue weighted by Gasteiger charge is -2.37. The number of hydrogen-bond donors (Lipinski definition) is 2. The van der Waals surface area contributed by atoms with E-state index in [-0.39, 0.29) is 13.0 Å². The second-order valence-corrected chi connectivity index (χ2v) is 6.78. The number of carbonyl (C=O) groups is 2. The molecule has 2 heterocycles. The highest BCUT2D eigenvalue weighted by Crippen LogP contribution is 2.42. The second kappa shape index (κ2) is 6.49. The summed E-state index contributed by atoms with van der Waals surface area (Å²) in [4.78, 5) is 24.4. The number of nitrogens with one attached hydrogen (secondary N) is 2. The van der Waals surface area contributed by atoms with Crippen molar-refractivity contribution in [3.05, 3.63) is 58.6 Å². The molecule has 0 aliphatic carbocycles. The summed E-state index contributed by atoms with van der Waals surface area (Å²) in [7, 11) is 0. The summed E-state index contributed by atoms with van der Waals surface area (Å²) in [6.45, 7) is 0.166. The molecule has 0 aromatic heterocycles. The third-order valence-corrected chi connectivity index (χ3v) is 4.82. The number of nitriles is 1. The largest absolute Gasteiger partial charge is 0.490 e. The standard InChI is InChI=1S/C19H14ClN3O4/c20-12-3-6-16-15(7-12)19(17(24)22-18(25)23-19)8-14(27-16)10-26-13-4-1-11(9-21)2-5-13/h1-7,14H,8,10H2,(H2,22,23,24,25). The van der Waals surface area contributed by atoms with Crippen molar-refractivity contribution in [3.63, 3.8) is 0 Å². The van der Waals surface area contributed by atoms with E-state index in [9.17, 15) is 9.59 Å². The number of imide groups is 1. The maximum absolute atomic E-state index is 12.6. The molecule has 136 valence electrons. The predicted octanol–water partition coefficient (Wildman–Crippen LogP) is 2.48. The third-order valence-electron chi connectivity index (χ3n) is 4.59. The lowest BCUT2D eigenvalue weighted by atomic mass is 9.82. The number of carbonyl (C=O) groups excluding carboxylic acids is 2. The van der Waals surface area contributed by atoms with Gasteiger partial charge >= 0.3 is 6.03 Å². The zero-order chi connectivity index (χ0) is 19.0. The molecule has 0 radical (unpaired) electrons. The molecule has 2 atom stereocenters. The second-order valence-electron chi connectivity index (χ2n) is 6.35. The fourth-order valence-corrected chi connectivity index (χ4v) is 3.52. The minimum atomic E-state index is -1.24. The van der Waals surface area contributed by atoms with Crippen LogP contribution in [0.2, 0.25) is 5.02 Å². The number of amides is 3. The first-order valence-corrected chi connectivity index (χ1v) is 8.61. The fraction of sp³-hybridized carbons (Fsp3) is 0.211. The number of benzene rings is 2. The van der Waals surface area contributed by atoms with Crippen molar-refractivity contribution in [1.29, 1.82) is 5.26 Å². The summed E-state index contributed by atoms with van der Waals surface area (Å²) < 4.78 is 11.7. The number of fused-ring (bicyclic) bond motifs is 2. The highest BCUT2D eigenvalue weighted by molar-refractivity contribution is 6.30. The van der Waals surface area contributed by atoms with Crippen LogP contribution in [0.1, 0.15) is 17.5 Å². The Bertz CT molecular complexity index is 970. The zero-order valence-electron chi connectivity index (χ0n) is 14.0. The predicted molar refractivity (Wildman–Crippen MR) is 95.5 cm³/mol. The Kier molecular flexibility index (Phi) is 4.13. The van der Waals surface area contributed by atoms with Gasteiger partial charge in [-0.05, 0) is 42.5 Å². The van der Waals surface area contributed by atoms with Gasteiger partial charge in [-0.25, -0.2) is 4.79 Å². The van der Waals surface area contributed by atoms with Gasteiger partial charge in [0.25, 0.3) is 5.91 Å². The Hall–Kier alpha value is -3.24. The molecule has 1 spiro atoms. The van der Waals surface area contributed by atoms with Gasteiger partial charge in [-0.1, -0.05) is 11.6 Å². The van der Waals surface area contributed by atoms with E-state index in [0.29, 0.717) is 27.6 Å². The average molecular weight is 384 g/mol. The molecule has 2 aromatic carbocycles. The van der Waals surface area contributed by atoms with Crippen LogP contribution in [-0.4, -0.2) is 24.6 Å².